The molecule has 2 amide bonds. The number of carbonyl (C=O) groups excluding carboxylic acids is 1. The molecule has 2 N–H and O–H groups in total. The molecular formula is C16H18N4O2S. The Labute approximate surface area is 138 Å². The molecule has 0 saturated carbocycles. The van der Waals surface area contributed by atoms with Crippen molar-refractivity contribution < 1.29 is 9.53 Å². The summed E-state index contributed by atoms with van der Waals surface area (Å²) in [6.07, 6.45) is 4.64. The summed E-state index contributed by atoms with van der Waals surface area (Å²) in [5.41, 5.74) is 2.68. The number of hydrogen-bond acceptors (Lipinski definition) is 4. The zero-order valence-corrected chi connectivity index (χ0v) is 13.8. The van der Waals surface area contributed by atoms with Gasteiger partial charge in [-0.05, 0) is 24.6 Å². The first-order valence-electron chi connectivity index (χ1n) is 7.26. The number of urea groups is 1. The standard InChI is InChI=1S/C16H18N4O2S/c1-11-3-4-14(22-2)13(9-11)19-15(21)17-6-5-12-10-20-7-8-23-16(20)18-12/h3-4,7-10H,5-6H2,1-2H3,(H2,17,19,21). The van der Waals surface area contributed by atoms with Gasteiger partial charge in [0.05, 0.1) is 18.5 Å². The van der Waals surface area contributed by atoms with Crippen LogP contribution in [0, 0.1) is 6.92 Å². The third-order valence-corrected chi connectivity index (χ3v) is 4.18. The fourth-order valence-corrected chi connectivity index (χ4v) is 3.01. The zero-order valence-electron chi connectivity index (χ0n) is 13.0. The molecule has 2 aromatic heterocycles. The van der Waals surface area contributed by atoms with Crippen LogP contribution in [-0.4, -0.2) is 29.1 Å². The average molecular weight is 330 g/mol. The highest BCUT2D eigenvalue weighted by atomic mass is 32.1. The van der Waals surface area contributed by atoms with Crippen molar-refractivity contribution >= 4 is 28.0 Å². The number of carbonyl (C=O) groups is 1. The number of benzene rings is 1. The van der Waals surface area contributed by atoms with Crippen LogP contribution in [-0.2, 0) is 6.42 Å². The molecule has 3 aromatic rings. The summed E-state index contributed by atoms with van der Waals surface area (Å²) in [5.74, 6) is 0.639. The van der Waals surface area contributed by atoms with E-state index in [-0.39, 0.29) is 6.03 Å². The number of nitrogens with one attached hydrogen (secondary N) is 2. The van der Waals surface area contributed by atoms with Crippen molar-refractivity contribution in [2.24, 2.45) is 0 Å². The van der Waals surface area contributed by atoms with E-state index in [0.717, 1.165) is 16.2 Å². The van der Waals surface area contributed by atoms with E-state index < -0.39 is 0 Å². The smallest absolute Gasteiger partial charge is 0.319 e. The van der Waals surface area contributed by atoms with Crippen molar-refractivity contribution in [1.82, 2.24) is 14.7 Å². The first-order valence-corrected chi connectivity index (χ1v) is 8.14. The van der Waals surface area contributed by atoms with E-state index in [1.807, 2.05) is 47.3 Å². The van der Waals surface area contributed by atoms with Gasteiger partial charge in [-0.15, -0.1) is 11.3 Å². The molecule has 0 atom stereocenters. The molecule has 23 heavy (non-hydrogen) atoms. The van der Waals surface area contributed by atoms with Crippen LogP contribution in [0.5, 0.6) is 5.75 Å². The first-order chi connectivity index (χ1) is 11.2. The van der Waals surface area contributed by atoms with Crippen LogP contribution in [0.25, 0.3) is 4.96 Å². The van der Waals surface area contributed by atoms with Crippen LogP contribution >= 0.6 is 11.3 Å². The molecule has 2 heterocycles. The summed E-state index contributed by atoms with van der Waals surface area (Å²) < 4.78 is 7.23. The lowest BCUT2D eigenvalue weighted by molar-refractivity contribution is 0.252. The second-order valence-corrected chi connectivity index (χ2v) is 6.03. The van der Waals surface area contributed by atoms with Crippen molar-refractivity contribution in [2.45, 2.75) is 13.3 Å². The lowest BCUT2D eigenvalue weighted by Gasteiger charge is -2.11. The Morgan fingerprint density at radius 3 is 3.09 bits per heavy atom. The largest absolute Gasteiger partial charge is 0.495 e. The highest BCUT2D eigenvalue weighted by Gasteiger charge is 2.08. The quantitative estimate of drug-likeness (QED) is 0.755. The Balaban J connectivity index is 1.53. The van der Waals surface area contributed by atoms with Gasteiger partial charge in [-0.2, -0.15) is 0 Å². The number of anilines is 1. The van der Waals surface area contributed by atoms with Crippen LogP contribution in [0.4, 0.5) is 10.5 Å². The van der Waals surface area contributed by atoms with Crippen molar-refractivity contribution in [1.29, 1.82) is 0 Å². The second-order valence-electron chi connectivity index (χ2n) is 5.16. The topological polar surface area (TPSA) is 67.7 Å². The molecule has 1 aromatic carbocycles. The van der Waals surface area contributed by atoms with E-state index in [2.05, 4.69) is 15.6 Å². The van der Waals surface area contributed by atoms with Gasteiger partial charge >= 0.3 is 6.03 Å². The van der Waals surface area contributed by atoms with E-state index in [1.165, 1.54) is 0 Å². The molecule has 0 spiro atoms. The maximum absolute atomic E-state index is 12.0. The summed E-state index contributed by atoms with van der Waals surface area (Å²) in [4.78, 5) is 17.5. The number of aromatic nitrogens is 2. The van der Waals surface area contributed by atoms with E-state index in [4.69, 9.17) is 4.74 Å². The Morgan fingerprint density at radius 2 is 2.30 bits per heavy atom. The van der Waals surface area contributed by atoms with Gasteiger partial charge in [0.15, 0.2) is 4.96 Å². The molecule has 0 radical (unpaired) electrons. The van der Waals surface area contributed by atoms with Gasteiger partial charge in [0, 0.05) is 30.7 Å². The maximum atomic E-state index is 12.0. The van der Waals surface area contributed by atoms with Crippen LogP contribution < -0.4 is 15.4 Å². The van der Waals surface area contributed by atoms with E-state index >= 15 is 0 Å². The number of nitrogens with zero attached hydrogens (tertiary/aromatic N) is 2. The molecule has 0 aliphatic rings. The minimum Gasteiger partial charge on any atom is -0.495 e. The maximum Gasteiger partial charge on any atom is 0.319 e. The van der Waals surface area contributed by atoms with E-state index in [1.54, 1.807) is 18.4 Å². The third-order valence-electron chi connectivity index (χ3n) is 3.41. The number of thiazole rings is 1. The summed E-state index contributed by atoms with van der Waals surface area (Å²) in [7, 11) is 1.58. The van der Waals surface area contributed by atoms with E-state index in [0.29, 0.717) is 24.4 Å². The van der Waals surface area contributed by atoms with Gasteiger partial charge < -0.3 is 15.4 Å². The number of rotatable bonds is 5. The normalized spacial score (nSPS) is 10.7. The van der Waals surface area contributed by atoms with Gasteiger partial charge in [-0.3, -0.25) is 4.40 Å². The Morgan fingerprint density at radius 1 is 1.43 bits per heavy atom. The predicted molar refractivity (Wildman–Crippen MR) is 91.5 cm³/mol. The molecule has 6 nitrogen and oxygen atoms in total. The van der Waals surface area contributed by atoms with Crippen molar-refractivity contribution in [3.63, 3.8) is 0 Å². The molecule has 3 rings (SSSR count). The molecule has 7 heteroatoms. The molecule has 0 aliphatic heterocycles. The van der Waals surface area contributed by atoms with E-state index in [9.17, 15) is 4.79 Å². The molecule has 0 unspecified atom stereocenters. The van der Waals surface area contributed by atoms with Crippen molar-refractivity contribution in [2.75, 3.05) is 19.0 Å². The number of ether oxygens (including phenoxy) is 1. The minimum absolute atomic E-state index is 0.255. The predicted octanol–water partition coefficient (Wildman–Crippen LogP) is 3.08. The summed E-state index contributed by atoms with van der Waals surface area (Å²) in [5, 5.41) is 7.64. The van der Waals surface area contributed by atoms with Gasteiger partial charge in [0.25, 0.3) is 0 Å². The SMILES string of the molecule is COc1ccc(C)cc1NC(=O)NCCc1cn2ccsc2n1. The van der Waals surface area contributed by atoms with Crippen LogP contribution in [0.1, 0.15) is 11.3 Å². The third kappa shape index (κ3) is 3.62. The Hall–Kier alpha value is -2.54. The monoisotopic (exact) mass is 330 g/mol. The van der Waals surface area contributed by atoms with Crippen LogP contribution in [0.3, 0.4) is 0 Å². The van der Waals surface area contributed by atoms with Gasteiger partial charge in [0.2, 0.25) is 0 Å². The number of aryl methyl sites for hydroxylation is 1. The molecule has 0 aliphatic carbocycles. The van der Waals surface area contributed by atoms with Gasteiger partial charge in [-0.25, -0.2) is 9.78 Å². The Kier molecular flexibility index (Phi) is 4.47. The Bertz CT molecular complexity index is 796. The van der Waals surface area contributed by atoms with Crippen molar-refractivity contribution in [3.05, 3.63) is 47.2 Å². The molecule has 120 valence electrons. The zero-order chi connectivity index (χ0) is 16.2. The summed E-state index contributed by atoms with van der Waals surface area (Å²) in [6, 6.07) is 5.40. The van der Waals surface area contributed by atoms with Gasteiger partial charge in [-0.1, -0.05) is 6.07 Å². The minimum atomic E-state index is -0.255. The number of amides is 2. The number of imidazole rings is 1. The summed E-state index contributed by atoms with van der Waals surface area (Å²) in [6.45, 7) is 2.48. The second kappa shape index (κ2) is 6.70. The summed E-state index contributed by atoms with van der Waals surface area (Å²) >= 11 is 1.59. The highest BCUT2D eigenvalue weighted by molar-refractivity contribution is 7.15. The lowest BCUT2D eigenvalue weighted by atomic mass is 10.2. The van der Waals surface area contributed by atoms with Gasteiger partial charge in [0.1, 0.15) is 5.75 Å². The fraction of sp³-hybridized carbons (Fsp3) is 0.250. The lowest BCUT2D eigenvalue weighted by Crippen LogP contribution is -2.30. The molecule has 0 bridgehead atoms. The molecule has 0 saturated heterocycles. The molecular weight excluding hydrogens is 312 g/mol. The number of hydrogen-bond donors (Lipinski definition) is 2. The number of methoxy groups -OCH3 is 1. The average Bonchev–Trinajstić information content (AvgIpc) is 3.08. The highest BCUT2D eigenvalue weighted by Crippen LogP contribution is 2.24. The molecule has 0 fully saturated rings. The van der Waals surface area contributed by atoms with Crippen LogP contribution in [0.15, 0.2) is 36.0 Å². The first kappa shape index (κ1) is 15.4. The number of fused-ring (bicyclic) bond motifs is 1. The van der Waals surface area contributed by atoms with Crippen molar-refractivity contribution in [3.8, 4) is 5.75 Å². The van der Waals surface area contributed by atoms with Crippen LogP contribution in [0.2, 0.25) is 0 Å². The fourth-order valence-electron chi connectivity index (χ4n) is 2.29.